The van der Waals surface area contributed by atoms with Crippen LogP contribution in [-0.2, 0) is 14.3 Å². The largest absolute Gasteiger partial charge is 0.374 e. The fourth-order valence-electron chi connectivity index (χ4n) is 3.66. The predicted octanol–water partition coefficient (Wildman–Crippen LogP) is 1.88. The molecule has 2 aliphatic rings. The summed E-state index contributed by atoms with van der Waals surface area (Å²) < 4.78 is 6.68. The molecule has 1 N–H and O–H groups in total. The number of anilines is 1. The average Bonchev–Trinajstić information content (AvgIpc) is 2.63. The number of halogens is 1. The molecule has 2 atom stereocenters. The highest BCUT2D eigenvalue weighted by atomic mass is 79.9. The van der Waals surface area contributed by atoms with Gasteiger partial charge in [-0.2, -0.15) is 0 Å². The normalized spacial score (nSPS) is 22.8. The minimum atomic E-state index is -0.187. The number of nitrogens with zero attached hydrogens (tertiary/aromatic N) is 3. The second-order valence-electron chi connectivity index (χ2n) is 6.93. The summed E-state index contributed by atoms with van der Waals surface area (Å²) in [5, 5.41) is 2.74. The first-order valence-electron chi connectivity index (χ1n) is 9.04. The number of morpholine rings is 1. The summed E-state index contributed by atoms with van der Waals surface area (Å²) in [6.45, 7) is 1.61. The van der Waals surface area contributed by atoms with E-state index in [9.17, 15) is 9.59 Å². The second kappa shape index (κ2) is 8.92. The molecule has 0 spiro atoms. The third kappa shape index (κ3) is 5.02. The van der Waals surface area contributed by atoms with E-state index in [0.717, 1.165) is 23.7 Å². The van der Waals surface area contributed by atoms with Gasteiger partial charge in [-0.25, -0.2) is 4.98 Å². The Balaban J connectivity index is 1.48. The van der Waals surface area contributed by atoms with Crippen LogP contribution in [0.15, 0.2) is 22.8 Å². The molecule has 7 nitrogen and oxygen atoms in total. The van der Waals surface area contributed by atoms with E-state index in [4.69, 9.17) is 4.74 Å². The van der Waals surface area contributed by atoms with Crippen LogP contribution in [0.2, 0.25) is 0 Å². The first-order chi connectivity index (χ1) is 12.5. The number of aromatic nitrogens is 1. The lowest BCUT2D eigenvalue weighted by Crippen LogP contribution is -2.56. The van der Waals surface area contributed by atoms with E-state index in [-0.39, 0.29) is 37.0 Å². The summed E-state index contributed by atoms with van der Waals surface area (Å²) in [5.74, 6) is 0.381. The van der Waals surface area contributed by atoms with Gasteiger partial charge in [-0.15, -0.1) is 0 Å². The molecule has 1 aliphatic carbocycles. The van der Waals surface area contributed by atoms with Gasteiger partial charge in [0.05, 0.1) is 31.8 Å². The maximum Gasteiger partial charge on any atom is 0.239 e. The Bertz CT molecular complexity index is 638. The molecular formula is C18H25BrN4O3. The summed E-state index contributed by atoms with van der Waals surface area (Å²) >= 11 is 3.31. The van der Waals surface area contributed by atoms with E-state index in [1.807, 2.05) is 11.0 Å². The van der Waals surface area contributed by atoms with Crippen LogP contribution >= 0.6 is 15.9 Å². The SMILES string of the molecule is CN(CC(=O)Nc1ccc(Br)cn1)CC(=O)N1CCOC2CCCCC21. The Hall–Kier alpha value is -1.51. The lowest BCUT2D eigenvalue weighted by Gasteiger charge is -2.44. The monoisotopic (exact) mass is 424 g/mol. The lowest BCUT2D eigenvalue weighted by molar-refractivity contribution is -0.150. The number of rotatable bonds is 5. The van der Waals surface area contributed by atoms with Crippen LogP contribution in [0.3, 0.4) is 0 Å². The number of pyridine rings is 1. The highest BCUT2D eigenvalue weighted by Gasteiger charge is 2.36. The summed E-state index contributed by atoms with van der Waals surface area (Å²) in [6, 6.07) is 3.73. The van der Waals surface area contributed by atoms with Crippen molar-refractivity contribution >= 4 is 33.6 Å². The van der Waals surface area contributed by atoms with Crippen molar-refractivity contribution in [1.82, 2.24) is 14.8 Å². The number of hydrogen-bond acceptors (Lipinski definition) is 5. The number of fused-ring (bicyclic) bond motifs is 1. The Kier molecular flexibility index (Phi) is 6.61. The first kappa shape index (κ1) is 19.3. The standard InChI is InChI=1S/C18H25BrN4O3/c1-22(11-17(24)21-16-7-6-13(19)10-20-16)12-18(25)23-8-9-26-15-5-3-2-4-14(15)23/h6-7,10,14-15H,2-5,8-9,11-12H2,1H3,(H,20,21,24). The molecule has 8 heteroatoms. The van der Waals surface area contributed by atoms with Gasteiger partial charge in [-0.1, -0.05) is 12.8 Å². The van der Waals surface area contributed by atoms with Gasteiger partial charge in [-0.05, 0) is 48.0 Å². The first-order valence-corrected chi connectivity index (χ1v) is 9.83. The fourth-order valence-corrected chi connectivity index (χ4v) is 3.90. The molecule has 2 unspecified atom stereocenters. The van der Waals surface area contributed by atoms with E-state index >= 15 is 0 Å². The molecule has 0 aromatic carbocycles. The molecule has 2 heterocycles. The molecule has 2 amide bonds. The number of ether oxygens (including phenoxy) is 1. The zero-order valence-corrected chi connectivity index (χ0v) is 16.6. The van der Waals surface area contributed by atoms with E-state index in [0.29, 0.717) is 19.0 Å². The zero-order chi connectivity index (χ0) is 18.5. The van der Waals surface area contributed by atoms with E-state index < -0.39 is 0 Å². The smallest absolute Gasteiger partial charge is 0.239 e. The van der Waals surface area contributed by atoms with Gasteiger partial charge < -0.3 is 15.0 Å². The molecule has 1 aromatic heterocycles. The molecule has 26 heavy (non-hydrogen) atoms. The van der Waals surface area contributed by atoms with Gasteiger partial charge in [0.2, 0.25) is 11.8 Å². The third-order valence-electron chi connectivity index (χ3n) is 4.87. The summed E-state index contributed by atoms with van der Waals surface area (Å²) in [5.41, 5.74) is 0. The number of carbonyl (C=O) groups is 2. The lowest BCUT2D eigenvalue weighted by atomic mass is 9.90. The molecule has 0 radical (unpaired) electrons. The van der Waals surface area contributed by atoms with Crippen LogP contribution in [0, 0.1) is 0 Å². The minimum Gasteiger partial charge on any atom is -0.374 e. The molecule has 3 rings (SSSR count). The molecule has 1 aliphatic heterocycles. The predicted molar refractivity (Wildman–Crippen MR) is 102 cm³/mol. The molecular weight excluding hydrogens is 400 g/mol. The van der Waals surface area contributed by atoms with Gasteiger partial charge in [-0.3, -0.25) is 14.5 Å². The van der Waals surface area contributed by atoms with Crippen molar-refractivity contribution < 1.29 is 14.3 Å². The van der Waals surface area contributed by atoms with Crippen LogP contribution in [0.25, 0.3) is 0 Å². The molecule has 1 aromatic rings. The Morgan fingerprint density at radius 3 is 2.92 bits per heavy atom. The van der Waals surface area contributed by atoms with Crippen LogP contribution in [-0.4, -0.2) is 72.0 Å². The Morgan fingerprint density at radius 2 is 2.15 bits per heavy atom. The maximum absolute atomic E-state index is 12.7. The molecule has 1 saturated carbocycles. The van der Waals surface area contributed by atoms with Crippen molar-refractivity contribution in [3.63, 3.8) is 0 Å². The van der Waals surface area contributed by atoms with Crippen molar-refractivity contribution in [2.45, 2.75) is 37.8 Å². The Morgan fingerprint density at radius 1 is 1.35 bits per heavy atom. The Labute approximate surface area is 162 Å². The highest BCUT2D eigenvalue weighted by Crippen LogP contribution is 2.28. The van der Waals surface area contributed by atoms with Crippen molar-refractivity contribution in [3.8, 4) is 0 Å². The van der Waals surface area contributed by atoms with Gasteiger partial charge in [0.15, 0.2) is 0 Å². The molecule has 0 bridgehead atoms. The van der Waals surface area contributed by atoms with E-state index in [1.165, 1.54) is 6.42 Å². The van der Waals surface area contributed by atoms with Crippen LogP contribution in [0.1, 0.15) is 25.7 Å². The average molecular weight is 425 g/mol. The number of hydrogen-bond donors (Lipinski definition) is 1. The van der Waals surface area contributed by atoms with Crippen LogP contribution < -0.4 is 5.32 Å². The highest BCUT2D eigenvalue weighted by molar-refractivity contribution is 9.10. The van der Waals surface area contributed by atoms with Gasteiger partial charge in [0.1, 0.15) is 5.82 Å². The summed E-state index contributed by atoms with van der Waals surface area (Å²) in [7, 11) is 1.78. The quantitative estimate of drug-likeness (QED) is 0.780. The van der Waals surface area contributed by atoms with Gasteiger partial charge >= 0.3 is 0 Å². The van der Waals surface area contributed by atoms with E-state index in [2.05, 4.69) is 26.2 Å². The minimum absolute atomic E-state index is 0.0715. The molecule has 2 fully saturated rings. The summed E-state index contributed by atoms with van der Waals surface area (Å²) in [4.78, 5) is 32.7. The molecule has 142 valence electrons. The van der Waals surface area contributed by atoms with Crippen LogP contribution in [0.5, 0.6) is 0 Å². The topological polar surface area (TPSA) is 74.8 Å². The van der Waals surface area contributed by atoms with Crippen molar-refractivity contribution in [2.24, 2.45) is 0 Å². The van der Waals surface area contributed by atoms with Crippen molar-refractivity contribution in [3.05, 3.63) is 22.8 Å². The zero-order valence-electron chi connectivity index (χ0n) is 15.0. The van der Waals surface area contributed by atoms with Gasteiger partial charge in [0, 0.05) is 17.2 Å². The number of likely N-dealkylation sites (N-methyl/N-ethyl adjacent to an activating group) is 1. The van der Waals surface area contributed by atoms with Gasteiger partial charge in [0.25, 0.3) is 0 Å². The summed E-state index contributed by atoms with van der Waals surface area (Å²) in [6.07, 6.45) is 6.17. The van der Waals surface area contributed by atoms with E-state index in [1.54, 1.807) is 24.2 Å². The maximum atomic E-state index is 12.7. The number of amides is 2. The number of carbonyl (C=O) groups excluding carboxylic acids is 2. The third-order valence-corrected chi connectivity index (χ3v) is 5.34. The number of nitrogens with one attached hydrogen (secondary N) is 1. The van der Waals surface area contributed by atoms with Crippen molar-refractivity contribution in [2.75, 3.05) is 38.6 Å². The fraction of sp³-hybridized carbons (Fsp3) is 0.611. The van der Waals surface area contributed by atoms with Crippen molar-refractivity contribution in [1.29, 1.82) is 0 Å². The van der Waals surface area contributed by atoms with Crippen LogP contribution in [0.4, 0.5) is 5.82 Å². The second-order valence-corrected chi connectivity index (χ2v) is 7.85. The molecule has 1 saturated heterocycles.